The molecule has 2 aromatic heterocycles. The number of amides is 2. The zero-order valence-electron chi connectivity index (χ0n) is 13.8. The van der Waals surface area contributed by atoms with Crippen molar-refractivity contribution >= 4 is 28.3 Å². The average Bonchev–Trinajstić information content (AvgIpc) is 3.26. The van der Waals surface area contributed by atoms with Crippen LogP contribution in [0.5, 0.6) is 0 Å². The Balaban J connectivity index is 1.61. The first-order valence-corrected chi connectivity index (χ1v) is 9.01. The van der Waals surface area contributed by atoms with Crippen LogP contribution in [0, 0.1) is 5.92 Å². The largest absolute Gasteiger partial charge is 0.459 e. The molecule has 1 N–H and O–H groups in total. The van der Waals surface area contributed by atoms with E-state index in [0.717, 1.165) is 18.5 Å². The number of piperidine rings is 1. The zero-order chi connectivity index (χ0) is 17.1. The van der Waals surface area contributed by atoms with Crippen LogP contribution in [-0.2, 0) is 4.79 Å². The van der Waals surface area contributed by atoms with Crippen molar-refractivity contribution in [1.29, 1.82) is 0 Å². The normalized spacial score (nSPS) is 18.0. The monoisotopic (exact) mass is 347 g/mol. The standard InChI is InChI=1S/C17H21N3O3S/c1-11(2)13-10-24-17(18-13)19-15(21)12-5-3-7-20(9-12)16(22)14-6-4-8-23-14/h4,6,8,10-12H,3,5,7,9H2,1-2H3,(H,18,19,21)/t12-/m0/s1. The van der Waals surface area contributed by atoms with Gasteiger partial charge in [-0.25, -0.2) is 4.98 Å². The molecule has 128 valence electrons. The lowest BCUT2D eigenvalue weighted by Gasteiger charge is -2.31. The van der Waals surface area contributed by atoms with Crippen molar-refractivity contribution in [2.75, 3.05) is 18.4 Å². The average molecular weight is 347 g/mol. The minimum absolute atomic E-state index is 0.0726. The van der Waals surface area contributed by atoms with Gasteiger partial charge in [-0.2, -0.15) is 0 Å². The second kappa shape index (κ2) is 7.17. The molecule has 0 aliphatic carbocycles. The maximum absolute atomic E-state index is 12.5. The van der Waals surface area contributed by atoms with Crippen LogP contribution in [0.25, 0.3) is 0 Å². The van der Waals surface area contributed by atoms with E-state index in [0.29, 0.717) is 29.9 Å². The molecule has 2 aromatic rings. The summed E-state index contributed by atoms with van der Waals surface area (Å²) in [5.41, 5.74) is 0.980. The lowest BCUT2D eigenvalue weighted by atomic mass is 9.97. The van der Waals surface area contributed by atoms with Gasteiger partial charge in [0.2, 0.25) is 5.91 Å². The predicted octanol–water partition coefficient (Wildman–Crippen LogP) is 3.35. The molecule has 1 aliphatic rings. The maximum Gasteiger partial charge on any atom is 0.289 e. The minimum atomic E-state index is -0.218. The molecule has 0 unspecified atom stereocenters. The fraction of sp³-hybridized carbons (Fsp3) is 0.471. The highest BCUT2D eigenvalue weighted by molar-refractivity contribution is 7.13. The molecule has 7 heteroatoms. The number of nitrogens with zero attached hydrogens (tertiary/aromatic N) is 2. The number of carbonyl (C=O) groups is 2. The third kappa shape index (κ3) is 3.67. The highest BCUT2D eigenvalue weighted by atomic mass is 32.1. The van der Waals surface area contributed by atoms with Crippen molar-refractivity contribution in [2.45, 2.75) is 32.6 Å². The molecule has 3 heterocycles. The summed E-state index contributed by atoms with van der Waals surface area (Å²) in [5.74, 6) is 0.204. The first kappa shape index (κ1) is 16.7. The first-order valence-electron chi connectivity index (χ1n) is 8.13. The SMILES string of the molecule is CC(C)c1csc(NC(=O)[C@H]2CCCN(C(=O)c3ccco3)C2)n1. The van der Waals surface area contributed by atoms with Crippen molar-refractivity contribution < 1.29 is 14.0 Å². The van der Waals surface area contributed by atoms with E-state index in [-0.39, 0.29) is 17.7 Å². The smallest absolute Gasteiger partial charge is 0.289 e. The van der Waals surface area contributed by atoms with Crippen molar-refractivity contribution in [3.63, 3.8) is 0 Å². The van der Waals surface area contributed by atoms with Crippen LogP contribution >= 0.6 is 11.3 Å². The van der Waals surface area contributed by atoms with Crippen molar-refractivity contribution in [3.05, 3.63) is 35.2 Å². The molecule has 3 rings (SSSR count). The molecular weight excluding hydrogens is 326 g/mol. The zero-order valence-corrected chi connectivity index (χ0v) is 14.6. The molecule has 1 fully saturated rings. The van der Waals surface area contributed by atoms with Gasteiger partial charge in [0.1, 0.15) is 0 Å². The molecule has 1 atom stereocenters. The molecule has 1 aliphatic heterocycles. The van der Waals surface area contributed by atoms with Crippen LogP contribution in [0.3, 0.4) is 0 Å². The van der Waals surface area contributed by atoms with Gasteiger partial charge in [-0.3, -0.25) is 9.59 Å². The number of aromatic nitrogens is 1. The number of rotatable bonds is 4. The summed E-state index contributed by atoms with van der Waals surface area (Å²) in [5, 5.41) is 5.48. The summed E-state index contributed by atoms with van der Waals surface area (Å²) in [4.78, 5) is 31.0. The summed E-state index contributed by atoms with van der Waals surface area (Å²) in [6, 6.07) is 3.34. The van der Waals surface area contributed by atoms with Gasteiger partial charge in [0.25, 0.3) is 5.91 Å². The van der Waals surface area contributed by atoms with Gasteiger partial charge in [-0.05, 0) is 30.9 Å². The molecule has 1 saturated heterocycles. The summed E-state index contributed by atoms with van der Waals surface area (Å²) in [6.45, 7) is 5.20. The summed E-state index contributed by atoms with van der Waals surface area (Å²) in [7, 11) is 0. The van der Waals surface area contributed by atoms with E-state index in [1.165, 1.54) is 17.6 Å². The maximum atomic E-state index is 12.5. The molecule has 6 nitrogen and oxygen atoms in total. The van der Waals surface area contributed by atoms with E-state index in [2.05, 4.69) is 24.1 Å². The number of carbonyl (C=O) groups excluding carboxylic acids is 2. The number of likely N-dealkylation sites (tertiary alicyclic amines) is 1. The molecule has 2 amide bonds. The third-order valence-corrected chi connectivity index (χ3v) is 4.93. The molecule has 0 spiro atoms. The van der Waals surface area contributed by atoms with Crippen LogP contribution in [0.2, 0.25) is 0 Å². The van der Waals surface area contributed by atoms with Gasteiger partial charge in [0.15, 0.2) is 10.9 Å². The van der Waals surface area contributed by atoms with Gasteiger partial charge in [-0.1, -0.05) is 13.8 Å². The molecular formula is C17H21N3O3S. The lowest BCUT2D eigenvalue weighted by Crippen LogP contribution is -2.43. The number of thiazole rings is 1. The molecule has 0 saturated carbocycles. The van der Waals surface area contributed by atoms with Crippen molar-refractivity contribution in [3.8, 4) is 0 Å². The van der Waals surface area contributed by atoms with Crippen LogP contribution in [0.4, 0.5) is 5.13 Å². The van der Waals surface area contributed by atoms with Crippen molar-refractivity contribution in [2.24, 2.45) is 5.92 Å². The number of hydrogen-bond donors (Lipinski definition) is 1. The number of nitrogens with one attached hydrogen (secondary N) is 1. The Morgan fingerprint density at radius 2 is 2.29 bits per heavy atom. The number of hydrogen-bond acceptors (Lipinski definition) is 5. The van der Waals surface area contributed by atoms with Crippen LogP contribution in [0.1, 0.15) is 48.9 Å². The summed E-state index contributed by atoms with van der Waals surface area (Å²) >= 11 is 1.44. The Morgan fingerprint density at radius 3 is 2.96 bits per heavy atom. The quantitative estimate of drug-likeness (QED) is 0.920. The van der Waals surface area contributed by atoms with Crippen LogP contribution in [-0.4, -0.2) is 34.8 Å². The Morgan fingerprint density at radius 1 is 1.46 bits per heavy atom. The first-order chi connectivity index (χ1) is 11.5. The molecule has 0 radical (unpaired) electrons. The van der Waals surface area contributed by atoms with Gasteiger partial charge in [0, 0.05) is 18.5 Å². The van der Waals surface area contributed by atoms with Crippen molar-refractivity contribution in [1.82, 2.24) is 9.88 Å². The third-order valence-electron chi connectivity index (χ3n) is 4.15. The van der Waals surface area contributed by atoms with E-state index in [1.54, 1.807) is 17.0 Å². The van der Waals surface area contributed by atoms with E-state index in [9.17, 15) is 9.59 Å². The Kier molecular flexibility index (Phi) is 4.99. The van der Waals surface area contributed by atoms with E-state index in [1.807, 2.05) is 5.38 Å². The fourth-order valence-electron chi connectivity index (χ4n) is 2.75. The lowest BCUT2D eigenvalue weighted by molar-refractivity contribution is -0.121. The van der Waals surface area contributed by atoms with Gasteiger partial charge in [-0.15, -0.1) is 11.3 Å². The van der Waals surface area contributed by atoms with E-state index < -0.39 is 0 Å². The highest BCUT2D eigenvalue weighted by Crippen LogP contribution is 2.24. The second-order valence-electron chi connectivity index (χ2n) is 6.29. The Labute approximate surface area is 144 Å². The topological polar surface area (TPSA) is 75.4 Å². The summed E-state index contributed by atoms with van der Waals surface area (Å²) < 4.78 is 5.16. The van der Waals surface area contributed by atoms with Crippen LogP contribution in [0.15, 0.2) is 28.2 Å². The minimum Gasteiger partial charge on any atom is -0.459 e. The number of furan rings is 1. The molecule has 0 aromatic carbocycles. The second-order valence-corrected chi connectivity index (χ2v) is 7.15. The van der Waals surface area contributed by atoms with E-state index in [4.69, 9.17) is 4.42 Å². The van der Waals surface area contributed by atoms with Gasteiger partial charge in [0.05, 0.1) is 17.9 Å². The van der Waals surface area contributed by atoms with Gasteiger partial charge >= 0.3 is 0 Å². The molecule has 0 bridgehead atoms. The number of anilines is 1. The fourth-order valence-corrected chi connectivity index (χ4v) is 3.62. The van der Waals surface area contributed by atoms with E-state index >= 15 is 0 Å². The van der Waals surface area contributed by atoms with Crippen LogP contribution < -0.4 is 5.32 Å². The van der Waals surface area contributed by atoms with Gasteiger partial charge < -0.3 is 14.6 Å². The Hall–Kier alpha value is -2.15. The molecule has 24 heavy (non-hydrogen) atoms. The highest BCUT2D eigenvalue weighted by Gasteiger charge is 2.30. The Bertz CT molecular complexity index is 708. The summed E-state index contributed by atoms with van der Waals surface area (Å²) in [6.07, 6.45) is 3.06. The predicted molar refractivity (Wildman–Crippen MR) is 92.2 cm³/mol.